The number of nitrogens with zero attached hydrogens (tertiary/aromatic N) is 2. The van der Waals surface area contributed by atoms with Crippen LogP contribution in [0.15, 0.2) is 48.5 Å². The monoisotopic (exact) mass is 445 g/mol. The van der Waals surface area contributed by atoms with E-state index < -0.39 is 5.91 Å². The summed E-state index contributed by atoms with van der Waals surface area (Å²) >= 11 is 12.2. The Balaban J connectivity index is 1.54. The van der Waals surface area contributed by atoms with Crippen molar-refractivity contribution >= 4 is 40.7 Å². The van der Waals surface area contributed by atoms with Gasteiger partial charge in [0.05, 0.1) is 0 Å². The second-order valence-electron chi connectivity index (χ2n) is 8.20. The third kappa shape index (κ3) is 4.64. The summed E-state index contributed by atoms with van der Waals surface area (Å²) in [7, 11) is 0. The third-order valence-electron chi connectivity index (χ3n) is 6.18. The van der Waals surface area contributed by atoms with Crippen LogP contribution in [0.5, 0.6) is 0 Å². The second-order valence-corrected chi connectivity index (χ2v) is 9.07. The van der Waals surface area contributed by atoms with Crippen LogP contribution >= 0.6 is 23.2 Å². The van der Waals surface area contributed by atoms with E-state index in [1.807, 2.05) is 24.3 Å². The molecule has 158 valence electrons. The predicted molar refractivity (Wildman–Crippen MR) is 120 cm³/mol. The molecule has 0 saturated carbocycles. The van der Waals surface area contributed by atoms with Crippen molar-refractivity contribution in [3.05, 3.63) is 64.1 Å². The summed E-state index contributed by atoms with van der Waals surface area (Å²) in [6, 6.07) is 16.1. The van der Waals surface area contributed by atoms with Crippen LogP contribution in [-0.4, -0.2) is 34.8 Å². The Kier molecular flexibility index (Phi) is 6.32. The minimum atomic E-state index is -0.616. The van der Waals surface area contributed by atoms with Crippen LogP contribution in [0.2, 0.25) is 10.0 Å². The van der Waals surface area contributed by atoms with Crippen molar-refractivity contribution in [2.75, 3.05) is 4.90 Å². The minimum Gasteiger partial charge on any atom is -0.369 e. The van der Waals surface area contributed by atoms with Crippen LogP contribution in [0.25, 0.3) is 0 Å². The number of amides is 2. The molecule has 2 aromatic carbocycles. The number of anilines is 1. The normalized spacial score (nSPS) is 23.3. The van der Waals surface area contributed by atoms with Gasteiger partial charge in [0, 0.05) is 40.4 Å². The number of primary amides is 1. The lowest BCUT2D eigenvalue weighted by molar-refractivity contribution is -0.126. The topological polar surface area (TPSA) is 66.6 Å². The number of hydrogen-bond acceptors (Lipinski definition) is 3. The molecule has 2 bridgehead atoms. The highest BCUT2D eigenvalue weighted by Gasteiger charge is 2.43. The Hall–Kier alpha value is -2.08. The lowest BCUT2D eigenvalue weighted by Crippen LogP contribution is -2.52. The molecule has 4 rings (SSSR count). The van der Waals surface area contributed by atoms with Gasteiger partial charge in [0.1, 0.15) is 6.42 Å². The first-order chi connectivity index (χ1) is 14.4. The van der Waals surface area contributed by atoms with Gasteiger partial charge in [0.15, 0.2) is 0 Å². The highest BCUT2D eigenvalue weighted by Crippen LogP contribution is 2.40. The molecule has 2 unspecified atom stereocenters. The van der Waals surface area contributed by atoms with E-state index in [1.165, 1.54) is 5.56 Å². The summed E-state index contributed by atoms with van der Waals surface area (Å²) in [5, 5.41) is 1.30. The smallest absolute Gasteiger partial charge is 0.236 e. The zero-order valence-corrected chi connectivity index (χ0v) is 18.1. The molecular formula is C23H25Cl2N3O2. The van der Waals surface area contributed by atoms with Crippen molar-refractivity contribution in [1.82, 2.24) is 4.90 Å². The molecule has 2 atom stereocenters. The molecule has 2 amide bonds. The molecule has 2 heterocycles. The number of nitrogens with two attached hydrogens (primary N) is 1. The molecule has 2 aromatic rings. The van der Waals surface area contributed by atoms with Crippen LogP contribution in [0, 0.1) is 0 Å². The van der Waals surface area contributed by atoms with Gasteiger partial charge in [0.25, 0.3) is 0 Å². The third-order valence-corrected chi connectivity index (χ3v) is 6.67. The lowest BCUT2D eigenvalue weighted by atomic mass is 9.94. The molecule has 0 aromatic heterocycles. The van der Waals surface area contributed by atoms with E-state index in [0.717, 1.165) is 42.9 Å². The number of rotatable bonds is 6. The van der Waals surface area contributed by atoms with Crippen LogP contribution in [0.4, 0.5) is 5.69 Å². The maximum Gasteiger partial charge on any atom is 0.236 e. The van der Waals surface area contributed by atoms with Gasteiger partial charge in [-0.3, -0.25) is 14.5 Å². The van der Waals surface area contributed by atoms with E-state index in [9.17, 15) is 9.59 Å². The van der Waals surface area contributed by atoms with Gasteiger partial charge in [-0.05, 0) is 61.6 Å². The number of benzene rings is 2. The Labute approximate surface area is 186 Å². The van der Waals surface area contributed by atoms with Crippen molar-refractivity contribution in [1.29, 1.82) is 0 Å². The van der Waals surface area contributed by atoms with Crippen LogP contribution in [0.1, 0.15) is 37.7 Å². The summed E-state index contributed by atoms with van der Waals surface area (Å²) in [4.78, 5) is 28.7. The molecule has 0 aliphatic carbocycles. The fourth-order valence-corrected chi connectivity index (χ4v) is 5.24. The number of fused-ring (bicyclic) bond motifs is 2. The Morgan fingerprint density at radius 2 is 1.67 bits per heavy atom. The molecule has 2 fully saturated rings. The molecule has 0 spiro atoms. The van der Waals surface area contributed by atoms with Crippen LogP contribution in [0.3, 0.4) is 0 Å². The van der Waals surface area contributed by atoms with Crippen molar-refractivity contribution in [3.8, 4) is 0 Å². The molecule has 7 heteroatoms. The zero-order chi connectivity index (χ0) is 21.3. The van der Waals surface area contributed by atoms with E-state index in [-0.39, 0.29) is 18.4 Å². The number of carbonyl (C=O) groups excluding carboxylic acids is 2. The van der Waals surface area contributed by atoms with Crippen LogP contribution < -0.4 is 10.6 Å². The van der Waals surface area contributed by atoms with Crippen molar-refractivity contribution in [3.63, 3.8) is 0 Å². The van der Waals surface area contributed by atoms with Gasteiger partial charge in [-0.1, -0.05) is 41.4 Å². The number of carbonyl (C=O) groups is 2. The zero-order valence-electron chi connectivity index (χ0n) is 16.6. The average Bonchev–Trinajstić information content (AvgIpc) is 2.91. The molecule has 2 aliphatic rings. The first kappa shape index (κ1) is 21.2. The first-order valence-electron chi connectivity index (χ1n) is 10.3. The standard InChI is InChI=1S/C23H25Cl2N3O2/c24-16-6-4-15(5-7-16)14-27-18-8-9-19(27)12-21(11-18)28(23(30)13-22(26)29)20-3-1-2-17(25)10-20/h1-7,10,18-19,21H,8-9,11-14H2,(H2,26,29). The summed E-state index contributed by atoms with van der Waals surface area (Å²) < 4.78 is 0. The van der Waals surface area contributed by atoms with Crippen molar-refractivity contribution in [2.24, 2.45) is 5.73 Å². The van der Waals surface area contributed by atoms with Crippen LogP contribution in [-0.2, 0) is 16.1 Å². The fraction of sp³-hybridized carbons (Fsp3) is 0.391. The van der Waals surface area contributed by atoms with E-state index in [4.69, 9.17) is 28.9 Å². The fourth-order valence-electron chi connectivity index (χ4n) is 4.93. The van der Waals surface area contributed by atoms with E-state index in [0.29, 0.717) is 17.1 Å². The molecule has 2 N–H and O–H groups in total. The lowest BCUT2D eigenvalue weighted by Gasteiger charge is -2.43. The Bertz CT molecular complexity index is 920. The molecule has 2 saturated heterocycles. The Morgan fingerprint density at radius 1 is 1.00 bits per heavy atom. The maximum atomic E-state index is 13.0. The van der Waals surface area contributed by atoms with Gasteiger partial charge < -0.3 is 10.6 Å². The highest BCUT2D eigenvalue weighted by molar-refractivity contribution is 6.31. The SMILES string of the molecule is NC(=O)CC(=O)N(c1cccc(Cl)c1)C1CC2CCC(C1)N2Cc1ccc(Cl)cc1. The largest absolute Gasteiger partial charge is 0.369 e. The molecule has 30 heavy (non-hydrogen) atoms. The maximum absolute atomic E-state index is 13.0. The van der Waals surface area contributed by atoms with Gasteiger partial charge in [-0.25, -0.2) is 0 Å². The average molecular weight is 446 g/mol. The summed E-state index contributed by atoms with van der Waals surface area (Å²) in [6.07, 6.45) is 3.65. The Morgan fingerprint density at radius 3 is 2.27 bits per heavy atom. The number of halogens is 2. The van der Waals surface area contributed by atoms with E-state index in [2.05, 4.69) is 17.0 Å². The van der Waals surface area contributed by atoms with Gasteiger partial charge in [0.2, 0.25) is 11.8 Å². The predicted octanol–water partition coefficient (Wildman–Crippen LogP) is 4.40. The van der Waals surface area contributed by atoms with E-state index in [1.54, 1.807) is 17.0 Å². The molecular weight excluding hydrogens is 421 g/mol. The van der Waals surface area contributed by atoms with Crippen molar-refractivity contribution < 1.29 is 9.59 Å². The van der Waals surface area contributed by atoms with Gasteiger partial charge in [-0.15, -0.1) is 0 Å². The summed E-state index contributed by atoms with van der Waals surface area (Å²) in [5.74, 6) is -0.879. The van der Waals surface area contributed by atoms with Gasteiger partial charge >= 0.3 is 0 Å². The minimum absolute atomic E-state index is 0.0225. The van der Waals surface area contributed by atoms with Crippen molar-refractivity contribution in [2.45, 2.75) is 56.8 Å². The van der Waals surface area contributed by atoms with Gasteiger partial charge in [-0.2, -0.15) is 0 Å². The molecule has 2 aliphatic heterocycles. The quantitative estimate of drug-likeness (QED) is 0.669. The number of hydrogen-bond donors (Lipinski definition) is 1. The van der Waals surface area contributed by atoms with E-state index >= 15 is 0 Å². The molecule has 0 radical (unpaired) electrons. The number of piperidine rings is 1. The first-order valence-corrected chi connectivity index (χ1v) is 11.0. The second kappa shape index (κ2) is 8.96. The summed E-state index contributed by atoms with van der Waals surface area (Å²) in [6.45, 7) is 0.881. The highest BCUT2D eigenvalue weighted by atomic mass is 35.5. The molecule has 5 nitrogen and oxygen atoms in total. The summed E-state index contributed by atoms with van der Waals surface area (Å²) in [5.41, 5.74) is 7.29.